The molecule has 16 heavy (non-hydrogen) atoms. The largest absolute Gasteiger partial charge is 0.449 e. The quantitative estimate of drug-likeness (QED) is 0.753. The summed E-state index contributed by atoms with van der Waals surface area (Å²) in [5.74, 6) is -3.28. The minimum atomic E-state index is -1.25. The summed E-state index contributed by atoms with van der Waals surface area (Å²) in [6.45, 7) is 0.120. The van der Waals surface area contributed by atoms with Crippen molar-refractivity contribution in [1.29, 1.82) is 0 Å². The Hall–Kier alpha value is -1.72. The Balaban J connectivity index is 2.32. The van der Waals surface area contributed by atoms with E-state index < -0.39 is 29.6 Å². The number of halogens is 3. The number of rotatable bonds is 1. The number of nitrogens with one attached hydrogen (secondary N) is 1. The minimum absolute atomic E-state index is 0.0736. The number of hydrogen-bond donors (Lipinski definition) is 1. The monoisotopic (exact) mass is 231 g/mol. The number of hydrogen-bond acceptors (Lipinski definition) is 2. The fourth-order valence-corrected chi connectivity index (χ4v) is 1.56. The van der Waals surface area contributed by atoms with Gasteiger partial charge >= 0.3 is 6.09 Å². The molecule has 6 heteroatoms. The van der Waals surface area contributed by atoms with Gasteiger partial charge in [0.05, 0.1) is 12.6 Å². The summed E-state index contributed by atoms with van der Waals surface area (Å²) in [6, 6.07) is 0.532. The lowest BCUT2D eigenvalue weighted by Gasteiger charge is -2.24. The highest BCUT2D eigenvalue weighted by Crippen LogP contribution is 2.24. The first-order chi connectivity index (χ1) is 7.58. The molecule has 1 aliphatic rings. The molecule has 1 aromatic rings. The highest BCUT2D eigenvalue weighted by Gasteiger charge is 2.24. The summed E-state index contributed by atoms with van der Waals surface area (Å²) >= 11 is 0. The van der Waals surface area contributed by atoms with Crippen LogP contribution in [-0.4, -0.2) is 12.7 Å². The predicted octanol–water partition coefficient (Wildman–Crippen LogP) is 2.27. The average molecular weight is 231 g/mol. The van der Waals surface area contributed by atoms with Crippen LogP contribution in [0.25, 0.3) is 0 Å². The van der Waals surface area contributed by atoms with E-state index in [0.717, 1.165) is 6.07 Å². The van der Waals surface area contributed by atoms with Gasteiger partial charge in [-0.05, 0) is 6.07 Å². The summed E-state index contributed by atoms with van der Waals surface area (Å²) in [5.41, 5.74) is -0.0736. The SMILES string of the molecule is O=C1N[C@@H](c2cc(F)c(F)cc2F)CCO1. The van der Waals surface area contributed by atoms with Gasteiger partial charge in [-0.2, -0.15) is 0 Å². The summed E-state index contributed by atoms with van der Waals surface area (Å²) in [4.78, 5) is 10.9. The number of alkyl carbamates (subject to hydrolysis) is 1. The topological polar surface area (TPSA) is 38.3 Å². The average Bonchev–Trinajstić information content (AvgIpc) is 2.23. The van der Waals surface area contributed by atoms with E-state index in [9.17, 15) is 18.0 Å². The molecule has 0 aliphatic carbocycles. The van der Waals surface area contributed by atoms with Crippen LogP contribution >= 0.6 is 0 Å². The van der Waals surface area contributed by atoms with Crippen molar-refractivity contribution in [2.24, 2.45) is 0 Å². The number of carbonyl (C=O) groups is 1. The molecule has 1 heterocycles. The molecule has 0 saturated carbocycles. The van der Waals surface area contributed by atoms with Crippen molar-refractivity contribution < 1.29 is 22.7 Å². The van der Waals surface area contributed by atoms with Gasteiger partial charge < -0.3 is 10.1 Å². The molecule has 1 amide bonds. The lowest BCUT2D eigenvalue weighted by Crippen LogP contribution is -2.35. The Morgan fingerprint density at radius 1 is 1.19 bits per heavy atom. The van der Waals surface area contributed by atoms with E-state index in [4.69, 9.17) is 0 Å². The van der Waals surface area contributed by atoms with E-state index in [2.05, 4.69) is 10.1 Å². The van der Waals surface area contributed by atoms with Crippen LogP contribution in [0.1, 0.15) is 18.0 Å². The second-order valence-electron chi connectivity index (χ2n) is 3.41. The van der Waals surface area contributed by atoms with Crippen LogP contribution in [0.5, 0.6) is 0 Å². The predicted molar refractivity (Wildman–Crippen MR) is 48.2 cm³/mol. The van der Waals surface area contributed by atoms with Crippen LogP contribution in [-0.2, 0) is 4.74 Å². The zero-order chi connectivity index (χ0) is 11.7. The summed E-state index contributed by atoms with van der Waals surface area (Å²) in [6.07, 6.45) is -0.381. The van der Waals surface area contributed by atoms with Gasteiger partial charge in [-0.25, -0.2) is 18.0 Å². The molecular weight excluding hydrogens is 223 g/mol. The molecule has 0 spiro atoms. The van der Waals surface area contributed by atoms with Crippen LogP contribution in [0.3, 0.4) is 0 Å². The second-order valence-corrected chi connectivity index (χ2v) is 3.41. The Morgan fingerprint density at radius 2 is 1.88 bits per heavy atom. The molecule has 1 aromatic carbocycles. The number of amides is 1. The van der Waals surface area contributed by atoms with Gasteiger partial charge in [-0.1, -0.05) is 0 Å². The van der Waals surface area contributed by atoms with Gasteiger partial charge in [0.15, 0.2) is 11.6 Å². The van der Waals surface area contributed by atoms with Crippen LogP contribution < -0.4 is 5.32 Å². The Morgan fingerprint density at radius 3 is 2.56 bits per heavy atom. The molecule has 1 aliphatic heterocycles. The van der Waals surface area contributed by atoms with Crippen molar-refractivity contribution in [3.8, 4) is 0 Å². The maximum absolute atomic E-state index is 13.3. The zero-order valence-electron chi connectivity index (χ0n) is 8.10. The first kappa shape index (κ1) is 10.8. The molecule has 1 saturated heterocycles. The molecule has 0 bridgehead atoms. The zero-order valence-corrected chi connectivity index (χ0v) is 8.10. The van der Waals surface area contributed by atoms with E-state index >= 15 is 0 Å². The molecule has 3 nitrogen and oxygen atoms in total. The van der Waals surface area contributed by atoms with E-state index in [-0.39, 0.29) is 12.2 Å². The van der Waals surface area contributed by atoms with Gasteiger partial charge in [-0.3, -0.25) is 0 Å². The molecule has 0 unspecified atom stereocenters. The van der Waals surface area contributed by atoms with Crippen LogP contribution in [0, 0.1) is 17.5 Å². The third-order valence-corrected chi connectivity index (χ3v) is 2.35. The highest BCUT2D eigenvalue weighted by molar-refractivity contribution is 5.68. The third-order valence-electron chi connectivity index (χ3n) is 2.35. The highest BCUT2D eigenvalue weighted by atomic mass is 19.2. The van der Waals surface area contributed by atoms with E-state index in [1.807, 2.05) is 0 Å². The first-order valence-electron chi connectivity index (χ1n) is 4.65. The summed E-state index contributed by atoms with van der Waals surface area (Å²) in [5, 5.41) is 2.33. The van der Waals surface area contributed by atoms with E-state index in [1.54, 1.807) is 0 Å². The van der Waals surface area contributed by atoms with Crippen LogP contribution in [0.2, 0.25) is 0 Å². The van der Waals surface area contributed by atoms with Gasteiger partial charge in [-0.15, -0.1) is 0 Å². The smallest absolute Gasteiger partial charge is 0.407 e. The van der Waals surface area contributed by atoms with Gasteiger partial charge in [0, 0.05) is 18.1 Å². The van der Waals surface area contributed by atoms with Crippen molar-refractivity contribution in [1.82, 2.24) is 5.32 Å². The van der Waals surface area contributed by atoms with Gasteiger partial charge in [0.2, 0.25) is 0 Å². The molecule has 1 atom stereocenters. The van der Waals surface area contributed by atoms with Crippen LogP contribution in [0.4, 0.5) is 18.0 Å². The van der Waals surface area contributed by atoms with Crippen molar-refractivity contribution in [3.05, 3.63) is 35.1 Å². The number of carbonyl (C=O) groups excluding carboxylic acids is 1. The maximum atomic E-state index is 13.3. The third kappa shape index (κ3) is 1.95. The van der Waals surface area contributed by atoms with Crippen LogP contribution in [0.15, 0.2) is 12.1 Å². The molecule has 86 valence electrons. The number of cyclic esters (lactones) is 1. The summed E-state index contributed by atoms with van der Waals surface area (Å²) < 4.78 is 43.5. The minimum Gasteiger partial charge on any atom is -0.449 e. The number of benzene rings is 1. The van der Waals surface area contributed by atoms with Crippen molar-refractivity contribution in [2.45, 2.75) is 12.5 Å². The Kier molecular flexibility index (Phi) is 2.72. The van der Waals surface area contributed by atoms with E-state index in [1.165, 1.54) is 0 Å². The normalized spacial score (nSPS) is 20.2. The lowest BCUT2D eigenvalue weighted by molar-refractivity contribution is 0.115. The number of ether oxygens (including phenoxy) is 1. The Bertz CT molecular complexity index is 436. The fourth-order valence-electron chi connectivity index (χ4n) is 1.56. The summed E-state index contributed by atoms with van der Waals surface area (Å²) in [7, 11) is 0. The van der Waals surface area contributed by atoms with Crippen molar-refractivity contribution >= 4 is 6.09 Å². The van der Waals surface area contributed by atoms with Crippen molar-refractivity contribution in [3.63, 3.8) is 0 Å². The molecule has 2 rings (SSSR count). The standard InChI is InChI=1S/C10H8F3NO2/c11-6-4-8(13)7(12)3-5(6)9-1-2-16-10(15)14-9/h3-4,9H,1-2H2,(H,14,15)/t9-/m1/s1. The fraction of sp³-hybridized carbons (Fsp3) is 0.300. The maximum Gasteiger partial charge on any atom is 0.407 e. The molecule has 0 aromatic heterocycles. The van der Waals surface area contributed by atoms with Crippen molar-refractivity contribution in [2.75, 3.05) is 6.61 Å². The second kappa shape index (κ2) is 4.03. The Labute approximate surface area is 89.2 Å². The molecule has 1 fully saturated rings. The van der Waals surface area contributed by atoms with Gasteiger partial charge in [0.1, 0.15) is 5.82 Å². The molecule has 1 N–H and O–H groups in total. The van der Waals surface area contributed by atoms with Gasteiger partial charge in [0.25, 0.3) is 0 Å². The molecular formula is C10H8F3NO2. The lowest BCUT2D eigenvalue weighted by atomic mass is 10.0. The molecule has 0 radical (unpaired) electrons. The van der Waals surface area contributed by atoms with E-state index in [0.29, 0.717) is 12.5 Å². The first-order valence-corrected chi connectivity index (χ1v) is 4.65.